The van der Waals surface area contributed by atoms with Gasteiger partial charge in [-0.15, -0.1) is 0 Å². The zero-order valence-corrected chi connectivity index (χ0v) is 21.6. The molecule has 1 aromatic heterocycles. The minimum absolute atomic E-state index is 0.524. The predicted molar refractivity (Wildman–Crippen MR) is 146 cm³/mol. The van der Waals surface area contributed by atoms with Crippen LogP contribution in [0.4, 0.5) is 29.2 Å². The summed E-state index contributed by atoms with van der Waals surface area (Å²) in [7, 11) is 1.67. The highest BCUT2D eigenvalue weighted by atomic mass is 16.5. The van der Waals surface area contributed by atoms with E-state index < -0.39 is 0 Å². The van der Waals surface area contributed by atoms with Gasteiger partial charge in [-0.1, -0.05) is 18.6 Å². The molecule has 5 rings (SSSR count). The molecule has 2 aliphatic rings. The van der Waals surface area contributed by atoms with Crippen molar-refractivity contribution in [2.75, 3.05) is 48.8 Å². The second kappa shape index (κ2) is 11.1. The van der Waals surface area contributed by atoms with Crippen LogP contribution in [0, 0.1) is 13.8 Å². The number of methoxy groups -OCH3 is 1. The minimum Gasteiger partial charge on any atom is -0.497 e. The van der Waals surface area contributed by atoms with Crippen molar-refractivity contribution in [1.82, 2.24) is 19.9 Å². The van der Waals surface area contributed by atoms with E-state index in [-0.39, 0.29) is 0 Å². The number of ether oxygens (including phenoxy) is 1. The molecule has 2 saturated heterocycles. The van der Waals surface area contributed by atoms with Gasteiger partial charge in [0, 0.05) is 30.5 Å². The Morgan fingerprint density at radius 1 is 0.806 bits per heavy atom. The third-order valence-electron chi connectivity index (χ3n) is 7.26. The quantitative estimate of drug-likeness (QED) is 0.456. The number of piperidine rings is 2. The molecule has 2 fully saturated rings. The van der Waals surface area contributed by atoms with Crippen molar-refractivity contribution in [3.05, 3.63) is 53.6 Å². The van der Waals surface area contributed by atoms with E-state index in [4.69, 9.17) is 19.7 Å². The SMILES string of the molecule is COc1ccc(Nc2nc(Nc3cc(C)ccc3C)nc(N3CCC(N4CCCCC4)CC3)n2)cc1. The number of nitrogens with one attached hydrogen (secondary N) is 2. The lowest BCUT2D eigenvalue weighted by Crippen LogP contribution is -2.47. The number of aromatic nitrogens is 3. The molecule has 0 bridgehead atoms. The van der Waals surface area contributed by atoms with E-state index in [1.807, 2.05) is 24.3 Å². The molecule has 36 heavy (non-hydrogen) atoms. The van der Waals surface area contributed by atoms with Crippen molar-refractivity contribution in [2.24, 2.45) is 0 Å². The van der Waals surface area contributed by atoms with E-state index in [1.165, 1.54) is 37.9 Å². The molecule has 2 N–H and O–H groups in total. The molecule has 0 atom stereocenters. The van der Waals surface area contributed by atoms with Crippen molar-refractivity contribution >= 4 is 29.2 Å². The number of aryl methyl sites for hydroxylation is 2. The molecular weight excluding hydrogens is 450 g/mol. The van der Waals surface area contributed by atoms with Crippen LogP contribution in [-0.2, 0) is 0 Å². The summed E-state index contributed by atoms with van der Waals surface area (Å²) in [4.78, 5) is 19.4. The van der Waals surface area contributed by atoms with E-state index in [2.05, 4.69) is 52.5 Å². The minimum atomic E-state index is 0.524. The molecule has 0 saturated carbocycles. The first-order valence-electron chi connectivity index (χ1n) is 13.1. The van der Waals surface area contributed by atoms with Crippen LogP contribution in [-0.4, -0.2) is 59.2 Å². The maximum atomic E-state index is 5.29. The fourth-order valence-corrected chi connectivity index (χ4v) is 5.13. The van der Waals surface area contributed by atoms with E-state index in [0.29, 0.717) is 23.9 Å². The largest absolute Gasteiger partial charge is 0.497 e. The lowest BCUT2D eigenvalue weighted by atomic mass is 10.0. The summed E-state index contributed by atoms with van der Waals surface area (Å²) in [5, 5.41) is 6.79. The number of benzene rings is 2. The topological polar surface area (TPSA) is 78.4 Å². The highest BCUT2D eigenvalue weighted by molar-refractivity contribution is 5.62. The standard InChI is InChI=1S/C28H37N7O/c1-20-7-8-21(2)25(19-20)30-27-31-26(29-22-9-11-24(36-3)12-10-22)32-28(33-27)35-17-13-23(14-18-35)34-15-5-4-6-16-34/h7-12,19,23H,4-6,13-18H2,1-3H3,(H2,29,30,31,32,33). The molecule has 8 heteroatoms. The molecule has 0 aliphatic carbocycles. The molecule has 0 amide bonds. The van der Waals surface area contributed by atoms with E-state index >= 15 is 0 Å². The summed E-state index contributed by atoms with van der Waals surface area (Å²) in [6.45, 7) is 8.58. The van der Waals surface area contributed by atoms with E-state index in [9.17, 15) is 0 Å². The number of rotatable bonds is 7. The third kappa shape index (κ3) is 5.87. The number of hydrogen-bond acceptors (Lipinski definition) is 8. The molecule has 2 aliphatic heterocycles. The molecular formula is C28H37N7O. The van der Waals surface area contributed by atoms with Gasteiger partial charge < -0.3 is 25.2 Å². The normalized spacial score (nSPS) is 17.1. The monoisotopic (exact) mass is 487 g/mol. The van der Waals surface area contributed by atoms with Crippen molar-refractivity contribution in [2.45, 2.75) is 52.0 Å². The maximum Gasteiger partial charge on any atom is 0.233 e. The second-order valence-electron chi connectivity index (χ2n) is 9.89. The van der Waals surface area contributed by atoms with Crippen molar-refractivity contribution in [3.8, 4) is 5.75 Å². The molecule has 3 aromatic rings. The summed E-state index contributed by atoms with van der Waals surface area (Å²) in [6, 6.07) is 14.8. The van der Waals surface area contributed by atoms with Gasteiger partial charge in [-0.3, -0.25) is 0 Å². The summed E-state index contributed by atoms with van der Waals surface area (Å²) in [6.07, 6.45) is 6.34. The molecule has 0 spiro atoms. The lowest BCUT2D eigenvalue weighted by Gasteiger charge is -2.40. The number of nitrogens with zero attached hydrogens (tertiary/aromatic N) is 5. The summed E-state index contributed by atoms with van der Waals surface area (Å²) < 4.78 is 5.29. The highest BCUT2D eigenvalue weighted by Gasteiger charge is 2.27. The van der Waals surface area contributed by atoms with E-state index in [0.717, 1.165) is 48.6 Å². The molecule has 3 heterocycles. The molecule has 0 radical (unpaired) electrons. The lowest BCUT2D eigenvalue weighted by molar-refractivity contribution is 0.141. The van der Waals surface area contributed by atoms with Crippen molar-refractivity contribution in [1.29, 1.82) is 0 Å². The third-order valence-corrected chi connectivity index (χ3v) is 7.26. The highest BCUT2D eigenvalue weighted by Crippen LogP contribution is 2.27. The van der Waals surface area contributed by atoms with Crippen LogP contribution in [0.15, 0.2) is 42.5 Å². The van der Waals surface area contributed by atoms with Crippen LogP contribution in [0.3, 0.4) is 0 Å². The Morgan fingerprint density at radius 3 is 2.19 bits per heavy atom. The number of likely N-dealkylation sites (tertiary alicyclic amines) is 1. The average Bonchev–Trinajstić information content (AvgIpc) is 2.92. The summed E-state index contributed by atoms with van der Waals surface area (Å²) >= 11 is 0. The number of hydrogen-bond donors (Lipinski definition) is 2. The molecule has 8 nitrogen and oxygen atoms in total. The average molecular weight is 488 g/mol. The molecule has 190 valence electrons. The Bertz CT molecular complexity index is 1150. The van der Waals surface area contributed by atoms with Crippen LogP contribution in [0.5, 0.6) is 5.75 Å². The van der Waals surface area contributed by atoms with Crippen LogP contribution in [0.2, 0.25) is 0 Å². The Labute approximate surface area is 214 Å². The predicted octanol–water partition coefficient (Wildman–Crippen LogP) is 5.44. The van der Waals surface area contributed by atoms with Crippen molar-refractivity contribution in [3.63, 3.8) is 0 Å². The Morgan fingerprint density at radius 2 is 1.50 bits per heavy atom. The fourth-order valence-electron chi connectivity index (χ4n) is 5.13. The smallest absolute Gasteiger partial charge is 0.233 e. The van der Waals surface area contributed by atoms with Crippen LogP contribution >= 0.6 is 0 Å². The van der Waals surface area contributed by atoms with E-state index in [1.54, 1.807) is 7.11 Å². The Kier molecular flexibility index (Phi) is 7.51. The van der Waals surface area contributed by atoms with Gasteiger partial charge in [-0.05, 0) is 94.1 Å². The van der Waals surface area contributed by atoms with Gasteiger partial charge in [0.15, 0.2) is 0 Å². The zero-order valence-electron chi connectivity index (χ0n) is 21.6. The van der Waals surface area contributed by atoms with Gasteiger partial charge in [0.2, 0.25) is 17.8 Å². The fraction of sp³-hybridized carbons (Fsp3) is 0.464. The van der Waals surface area contributed by atoms with Gasteiger partial charge in [0.1, 0.15) is 5.75 Å². The molecule has 2 aromatic carbocycles. The van der Waals surface area contributed by atoms with Crippen LogP contribution in [0.25, 0.3) is 0 Å². The Hall–Kier alpha value is -3.39. The Balaban J connectivity index is 1.37. The van der Waals surface area contributed by atoms with Gasteiger partial charge in [-0.25, -0.2) is 0 Å². The first kappa shape index (κ1) is 24.3. The molecule has 0 unspecified atom stereocenters. The first-order chi connectivity index (χ1) is 17.6. The van der Waals surface area contributed by atoms with Crippen LogP contribution in [0.1, 0.15) is 43.2 Å². The van der Waals surface area contributed by atoms with Gasteiger partial charge in [0.25, 0.3) is 0 Å². The summed E-state index contributed by atoms with van der Waals surface area (Å²) in [5.74, 6) is 2.59. The zero-order chi connectivity index (χ0) is 24.9. The first-order valence-corrected chi connectivity index (χ1v) is 13.1. The number of anilines is 5. The van der Waals surface area contributed by atoms with Gasteiger partial charge in [0.05, 0.1) is 7.11 Å². The summed E-state index contributed by atoms with van der Waals surface area (Å²) in [5.41, 5.74) is 4.24. The maximum absolute atomic E-state index is 5.29. The van der Waals surface area contributed by atoms with Gasteiger partial charge >= 0.3 is 0 Å². The van der Waals surface area contributed by atoms with Crippen molar-refractivity contribution < 1.29 is 4.74 Å². The van der Waals surface area contributed by atoms with Crippen LogP contribution < -0.4 is 20.3 Å². The second-order valence-corrected chi connectivity index (χ2v) is 9.89. The van der Waals surface area contributed by atoms with Gasteiger partial charge in [-0.2, -0.15) is 15.0 Å².